The van der Waals surface area contributed by atoms with Crippen LogP contribution >= 0.6 is 0 Å². The number of carbonyl (C=O) groups is 2. The summed E-state index contributed by atoms with van der Waals surface area (Å²) in [5, 5.41) is 8.50. The fourth-order valence-electron chi connectivity index (χ4n) is 2.94. The molecule has 5 heteroatoms. The van der Waals surface area contributed by atoms with Gasteiger partial charge in [0.1, 0.15) is 0 Å². The number of ketones is 1. The van der Waals surface area contributed by atoms with E-state index in [1.165, 1.54) is 11.6 Å². The highest BCUT2D eigenvalue weighted by Crippen LogP contribution is 2.19. The number of unbranched alkanes of at least 4 members (excludes halogenated alkanes) is 2. The van der Waals surface area contributed by atoms with Crippen LogP contribution in [0.15, 0.2) is 48.1 Å². The van der Waals surface area contributed by atoms with E-state index in [1.54, 1.807) is 6.08 Å². The summed E-state index contributed by atoms with van der Waals surface area (Å²) in [6.45, 7) is 10.1. The molecular weight excluding hydrogens is 352 g/mol. The Labute approximate surface area is 169 Å². The van der Waals surface area contributed by atoms with Crippen molar-refractivity contribution in [2.24, 2.45) is 5.92 Å². The van der Waals surface area contributed by atoms with Crippen LogP contribution in [0.2, 0.25) is 0 Å². The zero-order chi connectivity index (χ0) is 20.9. The molecule has 0 heterocycles. The number of rotatable bonds is 12. The number of carbonyl (C=O) groups excluding carboxylic acids is 2. The van der Waals surface area contributed by atoms with Gasteiger partial charge in [-0.15, -0.1) is 0 Å². The Morgan fingerprint density at radius 2 is 1.64 bits per heavy atom. The van der Waals surface area contributed by atoms with Gasteiger partial charge in [-0.2, -0.15) is 0 Å². The molecule has 0 spiro atoms. The van der Waals surface area contributed by atoms with Gasteiger partial charge in [0.15, 0.2) is 5.78 Å². The summed E-state index contributed by atoms with van der Waals surface area (Å²) >= 11 is 0. The van der Waals surface area contributed by atoms with Gasteiger partial charge in [0.25, 0.3) is 5.91 Å². The first-order valence-corrected chi connectivity index (χ1v) is 10.1. The molecule has 1 rings (SSSR count). The minimum Gasteiger partial charge on any atom is -0.372 e. The third kappa shape index (κ3) is 8.09. The Kier molecular flexibility index (Phi) is 10.9. The lowest BCUT2D eigenvalue weighted by atomic mass is 9.97. The van der Waals surface area contributed by atoms with E-state index in [2.05, 4.69) is 18.7 Å². The quantitative estimate of drug-likeness (QED) is 0.176. The van der Waals surface area contributed by atoms with Crippen LogP contribution in [-0.2, 0) is 4.79 Å². The molecule has 1 aromatic rings. The summed E-state index contributed by atoms with van der Waals surface area (Å²) in [6, 6.07) is 7.87. The van der Waals surface area contributed by atoms with Crippen molar-refractivity contribution in [1.82, 2.24) is 5.48 Å². The maximum Gasteiger partial charge on any atom is 0.267 e. The predicted octanol–water partition coefficient (Wildman–Crippen LogP) is 4.92. The summed E-state index contributed by atoms with van der Waals surface area (Å²) in [7, 11) is 0. The van der Waals surface area contributed by atoms with Gasteiger partial charge >= 0.3 is 0 Å². The first kappa shape index (κ1) is 23.6. The summed E-state index contributed by atoms with van der Waals surface area (Å²) in [6.07, 6.45) is 9.25. The Hall–Kier alpha value is -2.40. The van der Waals surface area contributed by atoms with E-state index in [1.807, 2.05) is 44.2 Å². The van der Waals surface area contributed by atoms with Crippen molar-refractivity contribution in [2.75, 3.05) is 18.0 Å². The second kappa shape index (κ2) is 12.9. The van der Waals surface area contributed by atoms with E-state index in [-0.39, 0.29) is 11.7 Å². The molecule has 0 radical (unpaired) electrons. The van der Waals surface area contributed by atoms with E-state index >= 15 is 0 Å². The molecule has 0 aromatic heterocycles. The van der Waals surface area contributed by atoms with Crippen LogP contribution in [0, 0.1) is 5.92 Å². The molecule has 1 atom stereocenters. The topological polar surface area (TPSA) is 69.6 Å². The highest BCUT2D eigenvalue weighted by molar-refractivity contribution is 5.99. The first-order chi connectivity index (χ1) is 13.4. The van der Waals surface area contributed by atoms with Gasteiger partial charge in [0.2, 0.25) is 0 Å². The molecule has 0 aliphatic carbocycles. The van der Waals surface area contributed by atoms with Gasteiger partial charge in [-0.05, 0) is 44.0 Å². The third-order valence-electron chi connectivity index (χ3n) is 4.61. The van der Waals surface area contributed by atoms with E-state index in [9.17, 15) is 9.59 Å². The van der Waals surface area contributed by atoms with Crippen molar-refractivity contribution in [1.29, 1.82) is 0 Å². The molecule has 0 aliphatic rings. The molecule has 0 bridgehead atoms. The number of hydrogen-bond donors (Lipinski definition) is 2. The molecule has 0 unspecified atom stereocenters. The van der Waals surface area contributed by atoms with E-state index in [0.29, 0.717) is 5.56 Å². The summed E-state index contributed by atoms with van der Waals surface area (Å²) < 4.78 is 0. The average molecular weight is 387 g/mol. The Morgan fingerprint density at radius 1 is 1.07 bits per heavy atom. The standard InChI is InChI=1S/C23H34N2O3/c1-5-7-15-25(16-8-6-2)21-12-10-20(11-13-21)23(27)19(4)17-18(3)9-14-22(26)24-28/h9-14,17,19,28H,5-8,15-16H2,1-4H3,(H,24,26)/b14-9+,18-17+/t19-/m1/s1. The van der Waals surface area contributed by atoms with Gasteiger partial charge in [-0.3, -0.25) is 14.8 Å². The number of nitrogens with one attached hydrogen (secondary N) is 1. The van der Waals surface area contributed by atoms with E-state index in [4.69, 9.17) is 5.21 Å². The number of hydrogen-bond acceptors (Lipinski definition) is 4. The van der Waals surface area contributed by atoms with Gasteiger partial charge in [0, 0.05) is 36.3 Å². The van der Waals surface area contributed by atoms with E-state index < -0.39 is 5.91 Å². The Morgan fingerprint density at radius 3 is 2.14 bits per heavy atom. The normalized spacial score (nSPS) is 12.8. The molecule has 5 nitrogen and oxygen atoms in total. The molecule has 0 saturated carbocycles. The zero-order valence-electron chi connectivity index (χ0n) is 17.6. The molecule has 28 heavy (non-hydrogen) atoms. The molecule has 2 N–H and O–H groups in total. The van der Waals surface area contributed by atoms with Crippen LogP contribution in [0.1, 0.15) is 63.7 Å². The van der Waals surface area contributed by atoms with Crippen molar-refractivity contribution in [3.63, 3.8) is 0 Å². The third-order valence-corrected chi connectivity index (χ3v) is 4.61. The summed E-state index contributed by atoms with van der Waals surface area (Å²) in [5.74, 6) is -0.860. The maximum absolute atomic E-state index is 12.7. The number of anilines is 1. The minimum absolute atomic E-state index is 0.0413. The van der Waals surface area contributed by atoms with Crippen molar-refractivity contribution in [2.45, 2.75) is 53.4 Å². The number of benzene rings is 1. The molecule has 0 aliphatic heterocycles. The lowest BCUT2D eigenvalue weighted by Gasteiger charge is -2.25. The fourth-order valence-corrected chi connectivity index (χ4v) is 2.94. The van der Waals surface area contributed by atoms with Crippen LogP contribution in [0.4, 0.5) is 5.69 Å². The number of Topliss-reactive ketones (excluding diaryl/α,β-unsaturated/α-hetero) is 1. The van der Waals surface area contributed by atoms with Gasteiger partial charge < -0.3 is 4.90 Å². The van der Waals surface area contributed by atoms with Crippen LogP contribution in [0.5, 0.6) is 0 Å². The zero-order valence-corrected chi connectivity index (χ0v) is 17.6. The SMILES string of the molecule is CCCCN(CCCC)c1ccc(C(=O)[C@H](C)/C=C(C)/C=C/C(=O)NO)cc1. The fraction of sp³-hybridized carbons (Fsp3) is 0.478. The second-order valence-corrected chi connectivity index (χ2v) is 7.11. The number of hydroxylamine groups is 1. The van der Waals surface area contributed by atoms with Crippen molar-refractivity contribution in [3.05, 3.63) is 53.6 Å². The molecule has 1 aromatic carbocycles. The molecule has 0 saturated heterocycles. The van der Waals surface area contributed by atoms with E-state index in [0.717, 1.165) is 50.0 Å². The average Bonchev–Trinajstić information content (AvgIpc) is 2.71. The lowest BCUT2D eigenvalue weighted by Crippen LogP contribution is -2.25. The minimum atomic E-state index is -0.599. The largest absolute Gasteiger partial charge is 0.372 e. The monoisotopic (exact) mass is 386 g/mol. The number of allylic oxidation sites excluding steroid dienone is 3. The highest BCUT2D eigenvalue weighted by Gasteiger charge is 2.14. The second-order valence-electron chi connectivity index (χ2n) is 7.11. The van der Waals surface area contributed by atoms with Crippen LogP contribution in [-0.4, -0.2) is 30.0 Å². The summed E-state index contributed by atoms with van der Waals surface area (Å²) in [4.78, 5) is 26.1. The Bertz CT molecular complexity index is 670. The van der Waals surface area contributed by atoms with Crippen molar-refractivity contribution in [3.8, 4) is 0 Å². The van der Waals surface area contributed by atoms with Gasteiger partial charge in [-0.25, -0.2) is 5.48 Å². The van der Waals surface area contributed by atoms with Crippen LogP contribution in [0.25, 0.3) is 0 Å². The van der Waals surface area contributed by atoms with Gasteiger partial charge in [-0.1, -0.05) is 51.3 Å². The predicted molar refractivity (Wildman–Crippen MR) is 115 cm³/mol. The smallest absolute Gasteiger partial charge is 0.267 e. The van der Waals surface area contributed by atoms with Crippen LogP contribution < -0.4 is 10.4 Å². The van der Waals surface area contributed by atoms with Crippen molar-refractivity contribution < 1.29 is 14.8 Å². The summed E-state index contributed by atoms with van der Waals surface area (Å²) in [5.41, 5.74) is 4.17. The molecule has 1 amide bonds. The molecule has 154 valence electrons. The molecular formula is C23H34N2O3. The maximum atomic E-state index is 12.7. The highest BCUT2D eigenvalue weighted by atomic mass is 16.5. The molecule has 0 fully saturated rings. The lowest BCUT2D eigenvalue weighted by molar-refractivity contribution is -0.124. The number of amides is 1. The Balaban J connectivity index is 2.83. The van der Waals surface area contributed by atoms with Gasteiger partial charge in [0.05, 0.1) is 0 Å². The van der Waals surface area contributed by atoms with Crippen LogP contribution in [0.3, 0.4) is 0 Å². The number of nitrogens with zero attached hydrogens (tertiary/aromatic N) is 1. The van der Waals surface area contributed by atoms with Crippen molar-refractivity contribution >= 4 is 17.4 Å². The first-order valence-electron chi connectivity index (χ1n) is 10.1.